The number of nitrogens with zero attached hydrogens (tertiary/aromatic N) is 3. The van der Waals surface area contributed by atoms with Crippen molar-refractivity contribution >= 4 is 18.0 Å². The van der Waals surface area contributed by atoms with Crippen LogP contribution in [0.4, 0.5) is 18.9 Å². The van der Waals surface area contributed by atoms with E-state index < -0.39 is 11.7 Å². The van der Waals surface area contributed by atoms with Crippen molar-refractivity contribution in [2.45, 2.75) is 57.7 Å². The van der Waals surface area contributed by atoms with E-state index in [0.29, 0.717) is 23.4 Å². The third-order valence-corrected chi connectivity index (χ3v) is 7.60. The smallest absolute Gasteiger partial charge is 0.388 e. The highest BCUT2D eigenvalue weighted by Crippen LogP contribution is 2.53. The molecule has 0 bridgehead atoms. The van der Waals surface area contributed by atoms with Crippen LogP contribution in [0.3, 0.4) is 0 Å². The van der Waals surface area contributed by atoms with Gasteiger partial charge in [0.1, 0.15) is 0 Å². The number of rotatable bonds is 6. The van der Waals surface area contributed by atoms with Gasteiger partial charge >= 0.3 is 6.18 Å². The maximum Gasteiger partial charge on any atom is 0.416 e. The first kappa shape index (κ1) is 26.9. The zero-order chi connectivity index (χ0) is 25.6. The summed E-state index contributed by atoms with van der Waals surface area (Å²) in [7, 11) is 1.66. The second-order valence-electron chi connectivity index (χ2n) is 9.81. The van der Waals surface area contributed by atoms with E-state index in [1.807, 2.05) is 6.92 Å². The van der Waals surface area contributed by atoms with Gasteiger partial charge in [0.2, 0.25) is 12.3 Å². The van der Waals surface area contributed by atoms with Crippen LogP contribution in [0, 0.1) is 5.41 Å². The number of halogens is 3. The largest absolute Gasteiger partial charge is 0.416 e. The Bertz CT molecular complexity index is 874. The molecule has 194 valence electrons. The van der Waals surface area contributed by atoms with Crippen LogP contribution in [0.15, 0.2) is 36.5 Å². The number of anilines is 1. The van der Waals surface area contributed by atoms with E-state index >= 15 is 0 Å². The number of carbonyl (C=O) groups excluding carboxylic acids is 2. The predicted octanol–water partition coefficient (Wildman–Crippen LogP) is 4.59. The van der Waals surface area contributed by atoms with Gasteiger partial charge in [-0.3, -0.25) is 9.59 Å². The number of likely N-dealkylation sites (tertiary alicyclic amines) is 1. The number of carbonyl (C=O) groups is 2. The molecule has 35 heavy (non-hydrogen) atoms. The monoisotopic (exact) mass is 494 g/mol. The molecule has 9 heteroatoms. The normalized spacial score (nSPS) is 21.3. The standard InChI is InChI=1S/C18H29N3O2.C8H8F3N/c1-15-16(2)21(14-22)13-12-19(15)9-3-4-17(23)20-10-7-18(5-6-18)8-11-20;1-12-7-4-2-6(3-5-7)8(9,10)11/h14,16H,1,3-13H2,2H3;2-5,12H,1H3. The van der Waals surface area contributed by atoms with Gasteiger partial charge in [0.15, 0.2) is 0 Å². The SMILES string of the molecule is C=C1C(C)N(C=O)CCN1CCCC(=O)N1CCC2(CC1)CC2.CNc1ccc(C(F)(F)F)cc1. The highest BCUT2D eigenvalue weighted by molar-refractivity contribution is 5.76. The summed E-state index contributed by atoms with van der Waals surface area (Å²) >= 11 is 0. The van der Waals surface area contributed by atoms with Gasteiger partial charge in [-0.05, 0) is 68.7 Å². The van der Waals surface area contributed by atoms with E-state index in [9.17, 15) is 22.8 Å². The van der Waals surface area contributed by atoms with Gasteiger partial charge in [-0.1, -0.05) is 6.58 Å². The molecule has 4 rings (SSSR count). The Labute approximate surface area is 206 Å². The molecule has 1 saturated carbocycles. The summed E-state index contributed by atoms with van der Waals surface area (Å²) in [6.45, 7) is 10.5. The van der Waals surface area contributed by atoms with Crippen LogP contribution in [0.1, 0.15) is 51.0 Å². The molecule has 2 saturated heterocycles. The third-order valence-electron chi connectivity index (χ3n) is 7.60. The Morgan fingerprint density at radius 3 is 2.26 bits per heavy atom. The van der Waals surface area contributed by atoms with Crippen LogP contribution < -0.4 is 5.32 Å². The first-order valence-electron chi connectivity index (χ1n) is 12.4. The van der Waals surface area contributed by atoms with E-state index in [2.05, 4.69) is 21.7 Å². The second-order valence-corrected chi connectivity index (χ2v) is 9.81. The summed E-state index contributed by atoms with van der Waals surface area (Å²) in [5, 5.41) is 2.74. The lowest BCUT2D eigenvalue weighted by Crippen LogP contribution is -2.49. The summed E-state index contributed by atoms with van der Waals surface area (Å²) < 4.78 is 36.0. The highest BCUT2D eigenvalue weighted by Gasteiger charge is 2.44. The Kier molecular flexibility index (Phi) is 8.72. The summed E-state index contributed by atoms with van der Waals surface area (Å²) in [6.07, 6.45) is 3.33. The van der Waals surface area contributed by atoms with E-state index in [1.54, 1.807) is 11.9 Å². The van der Waals surface area contributed by atoms with Crippen molar-refractivity contribution in [2.75, 3.05) is 45.1 Å². The van der Waals surface area contributed by atoms with Crippen molar-refractivity contribution < 1.29 is 22.8 Å². The molecule has 1 atom stereocenters. The van der Waals surface area contributed by atoms with E-state index in [0.717, 1.165) is 63.4 Å². The fourth-order valence-electron chi connectivity index (χ4n) is 4.74. The highest BCUT2D eigenvalue weighted by atomic mass is 19.4. The van der Waals surface area contributed by atoms with E-state index in [1.165, 1.54) is 37.8 Å². The first-order valence-corrected chi connectivity index (χ1v) is 12.4. The topological polar surface area (TPSA) is 55.9 Å². The molecule has 2 heterocycles. The Morgan fingerprint density at radius 2 is 1.74 bits per heavy atom. The van der Waals surface area contributed by atoms with Gasteiger partial charge in [0, 0.05) is 57.6 Å². The third kappa shape index (κ3) is 7.15. The van der Waals surface area contributed by atoms with Crippen molar-refractivity contribution in [1.29, 1.82) is 0 Å². The van der Waals surface area contributed by atoms with Gasteiger partial charge in [-0.2, -0.15) is 13.2 Å². The molecule has 1 aromatic rings. The van der Waals surface area contributed by atoms with Crippen molar-refractivity contribution in [3.63, 3.8) is 0 Å². The summed E-state index contributed by atoms with van der Waals surface area (Å²) in [4.78, 5) is 29.4. The first-order chi connectivity index (χ1) is 16.6. The summed E-state index contributed by atoms with van der Waals surface area (Å²) in [6, 6.07) is 4.94. The fraction of sp³-hybridized carbons (Fsp3) is 0.615. The lowest BCUT2D eigenvalue weighted by molar-refractivity contribution is -0.137. The predicted molar refractivity (Wildman–Crippen MR) is 131 cm³/mol. The number of amides is 2. The molecule has 1 aliphatic carbocycles. The maximum absolute atomic E-state index is 12.3. The van der Waals surface area contributed by atoms with Crippen molar-refractivity contribution in [1.82, 2.24) is 14.7 Å². The minimum Gasteiger partial charge on any atom is -0.388 e. The van der Waals surface area contributed by atoms with Gasteiger partial charge in [-0.25, -0.2) is 0 Å². The molecular formula is C26H37F3N4O2. The molecule has 1 N–H and O–H groups in total. The lowest BCUT2D eigenvalue weighted by atomic mass is 9.93. The average Bonchev–Trinajstić information content (AvgIpc) is 3.60. The lowest BCUT2D eigenvalue weighted by Gasteiger charge is -2.41. The molecule has 2 aliphatic heterocycles. The second kappa shape index (κ2) is 11.4. The van der Waals surface area contributed by atoms with Gasteiger partial charge in [0.05, 0.1) is 11.6 Å². The number of benzene rings is 1. The van der Waals surface area contributed by atoms with Crippen LogP contribution in [0.2, 0.25) is 0 Å². The molecule has 3 fully saturated rings. The molecule has 1 aromatic carbocycles. The molecule has 0 aromatic heterocycles. The Balaban J connectivity index is 0.000000241. The maximum atomic E-state index is 12.3. The number of nitrogens with one attached hydrogen (secondary N) is 1. The van der Waals surface area contributed by atoms with Crippen molar-refractivity contribution in [3.8, 4) is 0 Å². The number of alkyl halides is 3. The van der Waals surface area contributed by atoms with Crippen LogP contribution >= 0.6 is 0 Å². The Morgan fingerprint density at radius 1 is 1.11 bits per heavy atom. The summed E-state index contributed by atoms with van der Waals surface area (Å²) in [5.74, 6) is 0.311. The van der Waals surface area contributed by atoms with Crippen LogP contribution in [0.25, 0.3) is 0 Å². The van der Waals surface area contributed by atoms with E-state index in [4.69, 9.17) is 0 Å². The number of hydrogen-bond donors (Lipinski definition) is 1. The van der Waals surface area contributed by atoms with Crippen molar-refractivity contribution in [3.05, 3.63) is 42.1 Å². The number of piperazine rings is 1. The quantitative estimate of drug-likeness (QED) is 0.588. The Hall–Kier alpha value is -2.71. The minimum absolute atomic E-state index is 0.0637. The molecule has 6 nitrogen and oxygen atoms in total. The summed E-state index contributed by atoms with van der Waals surface area (Å²) in [5.41, 5.74) is 1.66. The van der Waals surface area contributed by atoms with Gasteiger partial charge in [-0.15, -0.1) is 0 Å². The molecule has 0 radical (unpaired) electrons. The number of hydrogen-bond acceptors (Lipinski definition) is 4. The average molecular weight is 495 g/mol. The molecular weight excluding hydrogens is 457 g/mol. The van der Waals surface area contributed by atoms with Gasteiger partial charge < -0.3 is 20.0 Å². The molecule has 1 spiro atoms. The zero-order valence-corrected chi connectivity index (χ0v) is 20.7. The van der Waals surface area contributed by atoms with E-state index in [-0.39, 0.29) is 6.04 Å². The van der Waals surface area contributed by atoms with Crippen LogP contribution in [-0.4, -0.2) is 72.8 Å². The zero-order valence-electron chi connectivity index (χ0n) is 20.7. The van der Waals surface area contributed by atoms with Crippen LogP contribution in [0.5, 0.6) is 0 Å². The van der Waals surface area contributed by atoms with Gasteiger partial charge in [0.25, 0.3) is 0 Å². The molecule has 1 unspecified atom stereocenters. The fourth-order valence-corrected chi connectivity index (χ4v) is 4.74. The minimum atomic E-state index is -4.24. The molecule has 3 aliphatic rings. The van der Waals surface area contributed by atoms with Crippen molar-refractivity contribution in [2.24, 2.45) is 5.41 Å². The number of piperidine rings is 1. The van der Waals surface area contributed by atoms with Crippen LogP contribution in [-0.2, 0) is 15.8 Å². The molecule has 2 amide bonds.